The number of nitro groups is 1. The lowest BCUT2D eigenvalue weighted by atomic mass is 9.83. The highest BCUT2D eigenvalue weighted by atomic mass is 19.1. The first-order valence-electron chi connectivity index (χ1n) is 14.8. The lowest BCUT2D eigenvalue weighted by Gasteiger charge is -2.45. The zero-order valence-electron chi connectivity index (χ0n) is 23.9. The quantitative estimate of drug-likeness (QED) is 0.255. The summed E-state index contributed by atoms with van der Waals surface area (Å²) in [6, 6.07) is 19.3. The molecule has 1 aliphatic carbocycles. The molecule has 218 valence electrons. The lowest BCUT2D eigenvalue weighted by molar-refractivity contribution is -0.384. The third-order valence-corrected chi connectivity index (χ3v) is 9.04. The summed E-state index contributed by atoms with van der Waals surface area (Å²) in [5, 5.41) is 15.0. The Balaban J connectivity index is 1.22. The van der Waals surface area contributed by atoms with Gasteiger partial charge in [0.1, 0.15) is 17.2 Å². The van der Waals surface area contributed by atoms with E-state index in [-0.39, 0.29) is 22.5 Å². The molecular formula is C33H36FN5O3. The van der Waals surface area contributed by atoms with E-state index < -0.39 is 5.54 Å². The Hall–Kier alpha value is -4.11. The van der Waals surface area contributed by atoms with Crippen molar-refractivity contribution < 1.29 is 14.1 Å². The average Bonchev–Trinajstić information content (AvgIpc) is 3.24. The standard InChI is InChI=1S/C33H36FN5O3/c1-23-13-14-29(39(41)42)21-30(23)25-8-5-7-24(19-25)22-37-17-15-33(16-18-37)31(35-27-10-3-2-4-11-27)36-32(40)38(33)28-12-6-9-26(34)20-28/h5-9,12-14,19-21,27H,2-4,10-11,15-18,22H2,1H3,(H,35,36,40). The molecule has 1 spiro atoms. The SMILES string of the molecule is Cc1ccc([N+](=O)[O-])cc1-c1cccc(CN2CCC3(CC2)C(NC2CCCCC2)=NC(=O)N3c2cccc(F)c2)c1. The van der Waals surface area contributed by atoms with Gasteiger partial charge < -0.3 is 5.32 Å². The number of aliphatic imine (C=N–C) groups is 1. The number of nitrogens with zero attached hydrogens (tertiary/aromatic N) is 4. The number of amides is 2. The molecule has 0 aromatic heterocycles. The van der Waals surface area contributed by atoms with E-state index in [1.165, 1.54) is 37.5 Å². The van der Waals surface area contributed by atoms with Crippen LogP contribution in [-0.4, -0.2) is 46.4 Å². The van der Waals surface area contributed by atoms with Crippen molar-refractivity contribution in [2.45, 2.75) is 70.0 Å². The summed E-state index contributed by atoms with van der Waals surface area (Å²) in [7, 11) is 0. The molecule has 0 unspecified atom stereocenters. The van der Waals surface area contributed by atoms with Crippen LogP contribution in [0, 0.1) is 22.9 Å². The highest BCUT2D eigenvalue weighted by Gasteiger charge is 2.52. The Morgan fingerprint density at radius 3 is 2.52 bits per heavy atom. The first kappa shape index (κ1) is 28.0. The highest BCUT2D eigenvalue weighted by Crippen LogP contribution is 2.40. The molecule has 3 aliphatic rings. The fourth-order valence-corrected chi connectivity index (χ4v) is 6.79. The van der Waals surface area contributed by atoms with Crippen LogP contribution in [0.25, 0.3) is 11.1 Å². The van der Waals surface area contributed by atoms with E-state index in [9.17, 15) is 19.3 Å². The second-order valence-corrected chi connectivity index (χ2v) is 11.8. The van der Waals surface area contributed by atoms with Crippen molar-refractivity contribution in [2.24, 2.45) is 4.99 Å². The van der Waals surface area contributed by atoms with E-state index in [0.717, 1.165) is 54.0 Å². The van der Waals surface area contributed by atoms with E-state index in [1.807, 2.05) is 19.1 Å². The number of rotatable bonds is 6. The van der Waals surface area contributed by atoms with Crippen molar-refractivity contribution >= 4 is 23.2 Å². The Bertz CT molecular complexity index is 1530. The molecule has 2 aliphatic heterocycles. The van der Waals surface area contributed by atoms with Crippen LogP contribution in [0.5, 0.6) is 0 Å². The summed E-state index contributed by atoms with van der Waals surface area (Å²) >= 11 is 0. The van der Waals surface area contributed by atoms with Crippen LogP contribution >= 0.6 is 0 Å². The third-order valence-electron chi connectivity index (χ3n) is 9.04. The van der Waals surface area contributed by atoms with Crippen molar-refractivity contribution in [2.75, 3.05) is 18.0 Å². The van der Waals surface area contributed by atoms with Gasteiger partial charge in [0.05, 0.1) is 4.92 Å². The van der Waals surface area contributed by atoms with Gasteiger partial charge in [0.2, 0.25) is 0 Å². The van der Waals surface area contributed by atoms with Crippen molar-refractivity contribution in [1.29, 1.82) is 0 Å². The molecule has 0 bridgehead atoms. The number of nitrogens with one attached hydrogen (secondary N) is 1. The molecule has 8 nitrogen and oxygen atoms in total. The van der Waals surface area contributed by atoms with Gasteiger partial charge >= 0.3 is 6.03 Å². The van der Waals surface area contributed by atoms with Gasteiger partial charge in [-0.2, -0.15) is 4.99 Å². The number of aryl methyl sites for hydroxylation is 1. The lowest BCUT2D eigenvalue weighted by Crippen LogP contribution is -2.62. The molecule has 2 heterocycles. The van der Waals surface area contributed by atoms with E-state index in [4.69, 9.17) is 0 Å². The summed E-state index contributed by atoms with van der Waals surface area (Å²) in [6.07, 6.45) is 7.06. The summed E-state index contributed by atoms with van der Waals surface area (Å²) in [4.78, 5) is 33.0. The third kappa shape index (κ3) is 5.53. The second-order valence-electron chi connectivity index (χ2n) is 11.8. The van der Waals surface area contributed by atoms with Crippen LogP contribution in [-0.2, 0) is 6.54 Å². The van der Waals surface area contributed by atoms with Gasteiger partial charge in [-0.25, -0.2) is 9.18 Å². The largest absolute Gasteiger partial charge is 0.369 e. The normalized spacial score (nSPS) is 19.2. The van der Waals surface area contributed by atoms with Crippen LogP contribution in [0.4, 0.5) is 20.6 Å². The topological polar surface area (TPSA) is 91.1 Å². The Morgan fingerprint density at radius 2 is 1.79 bits per heavy atom. The maximum absolute atomic E-state index is 14.3. The molecule has 6 rings (SSSR count). The van der Waals surface area contributed by atoms with E-state index >= 15 is 0 Å². The molecule has 1 saturated carbocycles. The fourth-order valence-electron chi connectivity index (χ4n) is 6.79. The number of urea groups is 1. The molecule has 2 fully saturated rings. The summed E-state index contributed by atoms with van der Waals surface area (Å²) in [6.45, 7) is 4.16. The number of nitro benzene ring substituents is 1. The molecular weight excluding hydrogens is 533 g/mol. The smallest absolute Gasteiger partial charge is 0.350 e. The minimum atomic E-state index is -0.638. The molecule has 0 radical (unpaired) electrons. The van der Waals surface area contributed by atoms with Gasteiger partial charge in [0, 0.05) is 43.5 Å². The molecule has 42 heavy (non-hydrogen) atoms. The Morgan fingerprint density at radius 1 is 1.02 bits per heavy atom. The van der Waals surface area contributed by atoms with Crippen LogP contribution in [0.3, 0.4) is 0 Å². The minimum Gasteiger partial charge on any atom is -0.369 e. The summed E-state index contributed by atoms with van der Waals surface area (Å²) < 4.78 is 14.3. The number of hydrogen-bond donors (Lipinski definition) is 1. The molecule has 0 atom stereocenters. The maximum Gasteiger partial charge on any atom is 0.350 e. The van der Waals surface area contributed by atoms with E-state index in [0.29, 0.717) is 31.1 Å². The molecule has 2 amide bonds. The van der Waals surface area contributed by atoms with Gasteiger partial charge in [-0.1, -0.05) is 49.6 Å². The molecule has 3 aromatic carbocycles. The predicted octanol–water partition coefficient (Wildman–Crippen LogP) is 7.00. The number of likely N-dealkylation sites (tertiary alicyclic amines) is 1. The zero-order valence-corrected chi connectivity index (χ0v) is 23.9. The maximum atomic E-state index is 14.3. The van der Waals surface area contributed by atoms with Gasteiger partial charge in [-0.05, 0) is 79.1 Å². The van der Waals surface area contributed by atoms with Gasteiger partial charge in [0.15, 0.2) is 0 Å². The Kier molecular flexibility index (Phi) is 7.77. The monoisotopic (exact) mass is 569 g/mol. The van der Waals surface area contributed by atoms with Gasteiger partial charge in [-0.3, -0.25) is 19.9 Å². The predicted molar refractivity (Wildman–Crippen MR) is 162 cm³/mol. The minimum absolute atomic E-state index is 0.0793. The molecule has 9 heteroatoms. The number of halogens is 1. The molecule has 1 saturated heterocycles. The average molecular weight is 570 g/mol. The second kappa shape index (κ2) is 11.6. The molecule has 1 N–H and O–H groups in total. The van der Waals surface area contributed by atoms with Crippen LogP contribution < -0.4 is 10.2 Å². The zero-order chi connectivity index (χ0) is 29.3. The number of non-ortho nitro benzene ring substituents is 1. The summed E-state index contributed by atoms with van der Waals surface area (Å²) in [5.41, 5.74) is 3.89. The highest BCUT2D eigenvalue weighted by molar-refractivity contribution is 6.16. The van der Waals surface area contributed by atoms with Crippen molar-refractivity contribution in [3.8, 4) is 11.1 Å². The first-order chi connectivity index (χ1) is 20.3. The van der Waals surface area contributed by atoms with E-state index in [2.05, 4.69) is 27.3 Å². The number of benzene rings is 3. The van der Waals surface area contributed by atoms with Crippen LogP contribution in [0.1, 0.15) is 56.1 Å². The van der Waals surface area contributed by atoms with Gasteiger partial charge in [-0.15, -0.1) is 0 Å². The number of carbonyl (C=O) groups excluding carboxylic acids is 1. The fraction of sp³-hybridized carbons (Fsp3) is 0.394. The van der Waals surface area contributed by atoms with Crippen molar-refractivity contribution in [3.63, 3.8) is 0 Å². The summed E-state index contributed by atoms with van der Waals surface area (Å²) in [5.74, 6) is 0.354. The first-order valence-corrected chi connectivity index (χ1v) is 14.8. The number of hydrogen-bond acceptors (Lipinski definition) is 5. The molecule has 3 aromatic rings. The van der Waals surface area contributed by atoms with Gasteiger partial charge in [0.25, 0.3) is 5.69 Å². The number of amidine groups is 1. The van der Waals surface area contributed by atoms with Crippen LogP contribution in [0.15, 0.2) is 71.7 Å². The Labute approximate surface area is 245 Å². The number of anilines is 1. The number of piperidine rings is 1. The number of carbonyl (C=O) groups is 1. The van der Waals surface area contributed by atoms with Crippen molar-refractivity contribution in [3.05, 3.63) is 93.8 Å². The van der Waals surface area contributed by atoms with Crippen molar-refractivity contribution in [1.82, 2.24) is 10.2 Å². The van der Waals surface area contributed by atoms with E-state index in [1.54, 1.807) is 29.2 Å². The van der Waals surface area contributed by atoms with Crippen LogP contribution in [0.2, 0.25) is 0 Å².